The Labute approximate surface area is 138 Å². The van der Waals surface area contributed by atoms with Crippen LogP contribution in [0.15, 0.2) is 0 Å². The molecule has 4 nitrogen and oxygen atoms in total. The van der Waals surface area contributed by atoms with Gasteiger partial charge in [-0.25, -0.2) is 0 Å². The van der Waals surface area contributed by atoms with E-state index >= 15 is 0 Å². The van der Waals surface area contributed by atoms with Crippen molar-refractivity contribution in [3.63, 3.8) is 0 Å². The van der Waals surface area contributed by atoms with Crippen LogP contribution in [0.25, 0.3) is 0 Å². The molecule has 0 aromatic rings. The van der Waals surface area contributed by atoms with Crippen LogP contribution in [-0.4, -0.2) is 34.8 Å². The number of esters is 2. The van der Waals surface area contributed by atoms with Gasteiger partial charge in [-0.2, -0.15) is 0 Å². The number of hydrogen-bond donors (Lipinski definition) is 0. The highest BCUT2D eigenvalue weighted by Crippen LogP contribution is 2.18. The van der Waals surface area contributed by atoms with Crippen molar-refractivity contribution in [2.75, 3.05) is 13.2 Å². The maximum atomic E-state index is 11.7. The number of rotatable bonds is 11. The molecule has 0 aliphatic heterocycles. The van der Waals surface area contributed by atoms with Crippen molar-refractivity contribution in [3.05, 3.63) is 0 Å². The van der Waals surface area contributed by atoms with Crippen LogP contribution in [0.2, 0.25) is 0 Å². The van der Waals surface area contributed by atoms with Crippen LogP contribution in [0.1, 0.15) is 52.4 Å². The molecular formula is C14H24Br2O4. The first-order chi connectivity index (χ1) is 9.54. The summed E-state index contributed by atoms with van der Waals surface area (Å²) in [4.78, 5) is 22.0. The molecule has 0 aliphatic carbocycles. The summed E-state index contributed by atoms with van der Waals surface area (Å²) in [5.41, 5.74) is 0. The first-order valence-corrected chi connectivity index (χ1v) is 8.99. The van der Waals surface area contributed by atoms with Crippen molar-refractivity contribution in [1.29, 1.82) is 0 Å². The van der Waals surface area contributed by atoms with Gasteiger partial charge in [0.1, 0.15) is 9.65 Å². The van der Waals surface area contributed by atoms with Crippen molar-refractivity contribution in [2.45, 2.75) is 62.0 Å². The summed E-state index contributed by atoms with van der Waals surface area (Å²) >= 11 is 6.36. The summed E-state index contributed by atoms with van der Waals surface area (Å²) in [6, 6.07) is 0. The maximum absolute atomic E-state index is 11.7. The van der Waals surface area contributed by atoms with E-state index in [1.165, 1.54) is 0 Å². The Bertz CT molecular complexity index is 256. The second-order valence-corrected chi connectivity index (χ2v) is 6.53. The Balaban J connectivity index is 3.95. The highest BCUT2D eigenvalue weighted by atomic mass is 79.9. The first kappa shape index (κ1) is 19.9. The van der Waals surface area contributed by atoms with Crippen LogP contribution in [0.3, 0.4) is 0 Å². The molecule has 0 fully saturated rings. The zero-order valence-corrected chi connectivity index (χ0v) is 15.4. The average Bonchev–Trinajstić information content (AvgIpc) is 2.46. The molecule has 0 aromatic carbocycles. The third-order valence-corrected chi connectivity index (χ3v) is 5.21. The molecule has 0 radical (unpaired) electrons. The van der Waals surface area contributed by atoms with Gasteiger partial charge in [-0.1, -0.05) is 71.4 Å². The standard InChI is InChI=1S/C14H24Br2O4/c1-3-5-7-9-19-13(17)11(15)12(16)14(18)20-10-8-6-4-2/h11-12H,3-10H2,1-2H3/t11-,12-/m1/s1. The molecule has 0 aromatic heterocycles. The van der Waals surface area contributed by atoms with Crippen LogP contribution in [-0.2, 0) is 19.1 Å². The molecule has 0 rings (SSSR count). The summed E-state index contributed by atoms with van der Waals surface area (Å²) in [7, 11) is 0. The lowest BCUT2D eigenvalue weighted by atomic mass is 10.2. The van der Waals surface area contributed by atoms with Crippen LogP contribution in [0, 0.1) is 0 Å². The summed E-state index contributed by atoms with van der Waals surface area (Å²) in [6.45, 7) is 4.94. The Kier molecular flexibility index (Phi) is 12.6. The Morgan fingerprint density at radius 2 is 1.15 bits per heavy atom. The molecule has 0 saturated carbocycles. The van der Waals surface area contributed by atoms with Crippen LogP contribution in [0.4, 0.5) is 0 Å². The van der Waals surface area contributed by atoms with E-state index in [9.17, 15) is 9.59 Å². The van der Waals surface area contributed by atoms with E-state index in [4.69, 9.17) is 9.47 Å². The summed E-state index contributed by atoms with van der Waals surface area (Å²) in [6.07, 6.45) is 5.88. The van der Waals surface area contributed by atoms with E-state index in [0.29, 0.717) is 13.2 Å². The van der Waals surface area contributed by atoms with Gasteiger partial charge in [0, 0.05) is 0 Å². The van der Waals surface area contributed by atoms with E-state index in [1.807, 2.05) is 0 Å². The molecule has 0 spiro atoms. The molecule has 0 aliphatic rings. The number of carbonyl (C=O) groups is 2. The Morgan fingerprint density at radius 3 is 1.45 bits per heavy atom. The minimum atomic E-state index is -0.720. The van der Waals surface area contributed by atoms with E-state index in [2.05, 4.69) is 45.7 Å². The van der Waals surface area contributed by atoms with E-state index in [1.54, 1.807) is 0 Å². The van der Waals surface area contributed by atoms with Crippen molar-refractivity contribution >= 4 is 43.8 Å². The zero-order chi connectivity index (χ0) is 15.4. The van der Waals surface area contributed by atoms with Crippen molar-refractivity contribution in [1.82, 2.24) is 0 Å². The Morgan fingerprint density at radius 1 is 0.800 bits per heavy atom. The van der Waals surface area contributed by atoms with Crippen LogP contribution >= 0.6 is 31.9 Å². The second kappa shape index (κ2) is 12.6. The lowest BCUT2D eigenvalue weighted by Crippen LogP contribution is -2.34. The first-order valence-electron chi connectivity index (χ1n) is 7.16. The fourth-order valence-electron chi connectivity index (χ4n) is 1.45. The number of alkyl halides is 2. The summed E-state index contributed by atoms with van der Waals surface area (Å²) in [5.74, 6) is -0.873. The molecule has 0 bridgehead atoms. The molecule has 118 valence electrons. The normalized spacial score (nSPS) is 13.6. The van der Waals surface area contributed by atoms with Crippen LogP contribution < -0.4 is 0 Å². The number of halogens is 2. The lowest BCUT2D eigenvalue weighted by Gasteiger charge is -2.15. The molecule has 6 heteroatoms. The molecule has 20 heavy (non-hydrogen) atoms. The third-order valence-electron chi connectivity index (χ3n) is 2.69. The topological polar surface area (TPSA) is 52.6 Å². The largest absolute Gasteiger partial charge is 0.465 e. The fourth-order valence-corrected chi connectivity index (χ4v) is 2.14. The second-order valence-electron chi connectivity index (χ2n) is 4.55. The molecule has 0 N–H and O–H groups in total. The maximum Gasteiger partial charge on any atom is 0.321 e. The number of hydrogen-bond acceptors (Lipinski definition) is 4. The highest BCUT2D eigenvalue weighted by molar-refractivity contribution is 9.12. The molecule has 0 unspecified atom stereocenters. The number of carbonyl (C=O) groups excluding carboxylic acids is 2. The van der Waals surface area contributed by atoms with E-state index in [0.717, 1.165) is 38.5 Å². The SMILES string of the molecule is CCCCCOC(=O)[C@H](Br)[C@@H](Br)C(=O)OCCCCC. The van der Waals surface area contributed by atoms with E-state index in [-0.39, 0.29) is 0 Å². The van der Waals surface area contributed by atoms with Gasteiger partial charge in [-0.05, 0) is 12.8 Å². The smallest absolute Gasteiger partial charge is 0.321 e. The predicted octanol–water partition coefficient (Wildman–Crippen LogP) is 3.98. The van der Waals surface area contributed by atoms with Crippen LogP contribution in [0.5, 0.6) is 0 Å². The molecule has 0 heterocycles. The minimum Gasteiger partial charge on any atom is -0.465 e. The quantitative estimate of drug-likeness (QED) is 0.291. The van der Waals surface area contributed by atoms with Crippen molar-refractivity contribution < 1.29 is 19.1 Å². The van der Waals surface area contributed by atoms with Gasteiger partial charge in [0.2, 0.25) is 0 Å². The van der Waals surface area contributed by atoms with Gasteiger partial charge in [0.25, 0.3) is 0 Å². The third kappa shape index (κ3) is 8.95. The minimum absolute atomic E-state index is 0.389. The van der Waals surface area contributed by atoms with Gasteiger partial charge in [0.05, 0.1) is 13.2 Å². The lowest BCUT2D eigenvalue weighted by molar-refractivity contribution is -0.149. The van der Waals surface area contributed by atoms with Gasteiger partial charge >= 0.3 is 11.9 Å². The average molecular weight is 416 g/mol. The fraction of sp³-hybridized carbons (Fsp3) is 0.857. The molecular weight excluding hydrogens is 392 g/mol. The Hall–Kier alpha value is -0.100. The highest BCUT2D eigenvalue weighted by Gasteiger charge is 2.31. The van der Waals surface area contributed by atoms with Gasteiger partial charge < -0.3 is 9.47 Å². The molecule has 0 amide bonds. The van der Waals surface area contributed by atoms with Crippen molar-refractivity contribution in [3.8, 4) is 0 Å². The summed E-state index contributed by atoms with van der Waals surface area (Å²) in [5, 5.41) is 0. The van der Waals surface area contributed by atoms with Gasteiger partial charge in [-0.15, -0.1) is 0 Å². The van der Waals surface area contributed by atoms with Gasteiger partial charge in [0.15, 0.2) is 0 Å². The van der Waals surface area contributed by atoms with E-state index < -0.39 is 21.6 Å². The molecule has 0 saturated heterocycles. The van der Waals surface area contributed by atoms with Gasteiger partial charge in [-0.3, -0.25) is 9.59 Å². The zero-order valence-electron chi connectivity index (χ0n) is 12.2. The number of unbranched alkanes of at least 4 members (excludes halogenated alkanes) is 4. The van der Waals surface area contributed by atoms with Crippen molar-refractivity contribution in [2.24, 2.45) is 0 Å². The number of ether oxygens (including phenoxy) is 2. The predicted molar refractivity (Wildman–Crippen MR) is 86.4 cm³/mol. The monoisotopic (exact) mass is 414 g/mol. The summed E-state index contributed by atoms with van der Waals surface area (Å²) < 4.78 is 10.2. The molecule has 2 atom stereocenters.